The van der Waals surface area contributed by atoms with E-state index in [4.69, 9.17) is 0 Å². The number of aryl methyl sites for hydroxylation is 1. The maximum Gasteiger partial charge on any atom is 0.225 e. The summed E-state index contributed by atoms with van der Waals surface area (Å²) in [6, 6.07) is 8.55. The molecule has 5 nitrogen and oxygen atoms in total. The Hall–Kier alpha value is -1.95. The van der Waals surface area contributed by atoms with E-state index in [-0.39, 0.29) is 17.7 Å². The minimum atomic E-state index is -0.166. The third-order valence-electron chi connectivity index (χ3n) is 4.72. The number of rotatable bonds is 6. The van der Waals surface area contributed by atoms with Crippen LogP contribution in [0.3, 0.4) is 0 Å². The summed E-state index contributed by atoms with van der Waals surface area (Å²) < 4.78 is 1.21. The Labute approximate surface area is 145 Å². The van der Waals surface area contributed by atoms with Crippen LogP contribution in [0.15, 0.2) is 24.3 Å². The summed E-state index contributed by atoms with van der Waals surface area (Å²) in [6.07, 6.45) is 4.32. The van der Waals surface area contributed by atoms with E-state index in [0.717, 1.165) is 36.2 Å². The fourth-order valence-corrected chi connectivity index (χ4v) is 4.28. The lowest BCUT2D eigenvalue weighted by Gasteiger charge is -2.15. The van der Waals surface area contributed by atoms with Crippen LogP contribution in [0.2, 0.25) is 0 Å². The van der Waals surface area contributed by atoms with Gasteiger partial charge in [0.2, 0.25) is 11.8 Å². The van der Waals surface area contributed by atoms with E-state index >= 15 is 0 Å². The zero-order valence-electron chi connectivity index (χ0n) is 13.5. The second kappa shape index (κ2) is 6.51. The molecule has 0 radical (unpaired) electrons. The number of likely N-dealkylation sites (tertiary alicyclic amines) is 1. The van der Waals surface area contributed by atoms with Gasteiger partial charge in [-0.2, -0.15) is 0 Å². The molecule has 2 heterocycles. The van der Waals surface area contributed by atoms with Crippen molar-refractivity contribution in [3.05, 3.63) is 29.3 Å². The fourth-order valence-electron chi connectivity index (χ4n) is 3.27. The van der Waals surface area contributed by atoms with Gasteiger partial charge in [0.05, 0.1) is 21.1 Å². The van der Waals surface area contributed by atoms with Gasteiger partial charge in [0.1, 0.15) is 0 Å². The summed E-state index contributed by atoms with van der Waals surface area (Å²) in [7, 11) is 0. The SMILES string of the molecule is O=C(NCCCc1nc2ccccc2s1)[C@@H]1CC(=O)N(C2CC2)C1. The van der Waals surface area contributed by atoms with Crippen molar-refractivity contribution in [1.82, 2.24) is 15.2 Å². The zero-order valence-corrected chi connectivity index (χ0v) is 14.3. The summed E-state index contributed by atoms with van der Waals surface area (Å²) in [4.78, 5) is 30.6. The number of hydrogen-bond donors (Lipinski definition) is 1. The number of aromatic nitrogens is 1. The minimum absolute atomic E-state index is 0.0239. The highest BCUT2D eigenvalue weighted by atomic mass is 32.1. The monoisotopic (exact) mass is 343 g/mol. The van der Waals surface area contributed by atoms with Gasteiger partial charge in [-0.25, -0.2) is 4.98 Å². The molecule has 1 saturated heterocycles. The number of benzene rings is 1. The van der Waals surface area contributed by atoms with Crippen molar-refractivity contribution in [3.63, 3.8) is 0 Å². The lowest BCUT2D eigenvalue weighted by Crippen LogP contribution is -2.34. The van der Waals surface area contributed by atoms with Crippen LogP contribution >= 0.6 is 11.3 Å². The van der Waals surface area contributed by atoms with Crippen molar-refractivity contribution in [1.29, 1.82) is 0 Å². The van der Waals surface area contributed by atoms with E-state index in [1.54, 1.807) is 11.3 Å². The van der Waals surface area contributed by atoms with Crippen LogP contribution in [-0.2, 0) is 16.0 Å². The molecule has 6 heteroatoms. The van der Waals surface area contributed by atoms with Crippen LogP contribution in [-0.4, -0.2) is 40.8 Å². The molecular weight excluding hydrogens is 322 g/mol. The summed E-state index contributed by atoms with van der Waals surface area (Å²) in [6.45, 7) is 1.25. The molecule has 1 N–H and O–H groups in total. The van der Waals surface area contributed by atoms with Gasteiger partial charge < -0.3 is 10.2 Å². The van der Waals surface area contributed by atoms with Crippen LogP contribution in [0.4, 0.5) is 0 Å². The molecule has 126 valence electrons. The van der Waals surface area contributed by atoms with Crippen LogP contribution in [0.1, 0.15) is 30.7 Å². The van der Waals surface area contributed by atoms with Crippen molar-refractivity contribution >= 4 is 33.4 Å². The number of fused-ring (bicyclic) bond motifs is 1. The topological polar surface area (TPSA) is 62.3 Å². The lowest BCUT2D eigenvalue weighted by atomic mass is 10.1. The molecule has 2 fully saturated rings. The molecule has 1 aliphatic heterocycles. The molecule has 0 bridgehead atoms. The van der Waals surface area contributed by atoms with Gasteiger partial charge >= 0.3 is 0 Å². The third-order valence-corrected chi connectivity index (χ3v) is 5.82. The molecule has 0 unspecified atom stereocenters. The predicted octanol–water partition coefficient (Wildman–Crippen LogP) is 2.36. The highest BCUT2D eigenvalue weighted by molar-refractivity contribution is 7.18. The number of hydrogen-bond acceptors (Lipinski definition) is 4. The second-order valence-corrected chi connectivity index (χ2v) is 7.76. The van der Waals surface area contributed by atoms with E-state index in [1.807, 2.05) is 23.1 Å². The van der Waals surface area contributed by atoms with Gasteiger partial charge in [0.25, 0.3) is 0 Å². The number of carbonyl (C=O) groups excluding carboxylic acids is 2. The summed E-state index contributed by atoms with van der Waals surface area (Å²) in [5.74, 6) is 0.00322. The Balaban J connectivity index is 1.22. The first-order valence-electron chi connectivity index (χ1n) is 8.62. The number of carbonyl (C=O) groups is 2. The maximum absolute atomic E-state index is 12.2. The summed E-state index contributed by atoms with van der Waals surface area (Å²) in [5, 5.41) is 4.10. The Morgan fingerprint density at radius 1 is 1.33 bits per heavy atom. The average molecular weight is 343 g/mol. The molecule has 1 aliphatic carbocycles. The first-order valence-corrected chi connectivity index (χ1v) is 9.44. The van der Waals surface area contributed by atoms with Crippen molar-refractivity contribution in [2.24, 2.45) is 5.92 Å². The van der Waals surface area contributed by atoms with Crippen LogP contribution in [0.25, 0.3) is 10.2 Å². The molecule has 1 aromatic carbocycles. The second-order valence-electron chi connectivity index (χ2n) is 6.65. The fraction of sp³-hybridized carbons (Fsp3) is 0.500. The van der Waals surface area contributed by atoms with Crippen LogP contribution in [0.5, 0.6) is 0 Å². The molecule has 2 aromatic rings. The number of amides is 2. The Morgan fingerprint density at radius 3 is 2.96 bits per heavy atom. The van der Waals surface area contributed by atoms with Crippen LogP contribution < -0.4 is 5.32 Å². The molecule has 4 rings (SSSR count). The number of nitrogens with one attached hydrogen (secondary N) is 1. The van der Waals surface area contributed by atoms with Crippen molar-refractivity contribution in [2.45, 2.75) is 38.1 Å². The summed E-state index contributed by atoms with van der Waals surface area (Å²) >= 11 is 1.72. The van der Waals surface area contributed by atoms with Crippen molar-refractivity contribution in [2.75, 3.05) is 13.1 Å². The maximum atomic E-state index is 12.2. The van der Waals surface area contributed by atoms with E-state index in [0.29, 0.717) is 25.6 Å². The van der Waals surface area contributed by atoms with Gasteiger partial charge in [0.15, 0.2) is 0 Å². The molecular formula is C18H21N3O2S. The molecule has 2 amide bonds. The standard InChI is InChI=1S/C18H21N3O2S/c22-17-10-12(11-21(17)13-7-8-13)18(23)19-9-3-6-16-20-14-4-1-2-5-15(14)24-16/h1-2,4-5,12-13H,3,6-11H2,(H,19,23)/t12-/m1/s1. The first-order chi connectivity index (χ1) is 11.7. The molecule has 0 spiro atoms. The highest BCUT2D eigenvalue weighted by Gasteiger charge is 2.41. The van der Waals surface area contributed by atoms with Gasteiger partial charge in [-0.1, -0.05) is 12.1 Å². The van der Waals surface area contributed by atoms with Gasteiger partial charge in [-0.15, -0.1) is 11.3 Å². The molecule has 2 aliphatic rings. The van der Waals surface area contributed by atoms with Crippen LogP contribution in [0, 0.1) is 5.92 Å². The lowest BCUT2D eigenvalue weighted by molar-refractivity contribution is -0.129. The van der Waals surface area contributed by atoms with Gasteiger partial charge in [0, 0.05) is 32.0 Å². The van der Waals surface area contributed by atoms with E-state index < -0.39 is 0 Å². The number of nitrogens with zero attached hydrogens (tertiary/aromatic N) is 2. The van der Waals surface area contributed by atoms with Crippen molar-refractivity contribution in [3.8, 4) is 0 Å². The Kier molecular flexibility index (Phi) is 4.22. The number of thiazole rings is 1. The quantitative estimate of drug-likeness (QED) is 0.819. The van der Waals surface area contributed by atoms with E-state index in [9.17, 15) is 9.59 Å². The normalized spacial score (nSPS) is 20.8. The van der Waals surface area contributed by atoms with Gasteiger partial charge in [-0.3, -0.25) is 9.59 Å². The zero-order chi connectivity index (χ0) is 16.5. The first kappa shape index (κ1) is 15.6. The van der Waals surface area contributed by atoms with Gasteiger partial charge in [-0.05, 0) is 31.4 Å². The Morgan fingerprint density at radius 2 is 2.17 bits per heavy atom. The Bertz CT molecular complexity index is 735. The molecule has 1 aromatic heterocycles. The third kappa shape index (κ3) is 3.29. The molecule has 1 saturated carbocycles. The van der Waals surface area contributed by atoms with E-state index in [2.05, 4.69) is 16.4 Å². The highest BCUT2D eigenvalue weighted by Crippen LogP contribution is 2.32. The minimum Gasteiger partial charge on any atom is -0.356 e. The van der Waals surface area contributed by atoms with E-state index in [1.165, 1.54) is 4.70 Å². The smallest absolute Gasteiger partial charge is 0.225 e. The predicted molar refractivity (Wildman–Crippen MR) is 93.8 cm³/mol. The van der Waals surface area contributed by atoms with Crippen molar-refractivity contribution < 1.29 is 9.59 Å². The molecule has 24 heavy (non-hydrogen) atoms. The number of para-hydroxylation sites is 1. The largest absolute Gasteiger partial charge is 0.356 e. The average Bonchev–Trinajstić information content (AvgIpc) is 3.22. The summed E-state index contributed by atoms with van der Waals surface area (Å²) in [5.41, 5.74) is 1.05. The molecule has 1 atom stereocenters.